The number of benzene rings is 2. The van der Waals surface area contributed by atoms with E-state index in [0.29, 0.717) is 17.5 Å². The summed E-state index contributed by atoms with van der Waals surface area (Å²) in [5, 5.41) is 0. The molecule has 2 aromatic rings. The van der Waals surface area contributed by atoms with E-state index in [1.165, 1.54) is 6.07 Å². The van der Waals surface area contributed by atoms with E-state index in [0.717, 1.165) is 35.3 Å². The van der Waals surface area contributed by atoms with Crippen LogP contribution in [-0.4, -0.2) is 5.78 Å². The van der Waals surface area contributed by atoms with Crippen LogP contribution in [0.4, 0.5) is 4.39 Å². The molecular weight excluding hydrogens is 335 g/mol. The Hall–Kier alpha value is -1.68. The minimum absolute atomic E-state index is 0.186. The lowest BCUT2D eigenvalue weighted by molar-refractivity contribution is 0.0971. The summed E-state index contributed by atoms with van der Waals surface area (Å²) in [7, 11) is 0. The maximum Gasteiger partial charge on any atom is 0.163 e. The van der Waals surface area contributed by atoms with Gasteiger partial charge in [-0.15, -0.1) is 0 Å². The molecule has 0 saturated carbocycles. The van der Waals surface area contributed by atoms with Crippen LogP contribution >= 0.6 is 15.9 Å². The zero-order chi connectivity index (χ0) is 14.8. The van der Waals surface area contributed by atoms with Crippen LogP contribution in [0.5, 0.6) is 5.75 Å². The van der Waals surface area contributed by atoms with Crippen molar-refractivity contribution in [3.63, 3.8) is 0 Å². The van der Waals surface area contributed by atoms with Crippen LogP contribution in [0.1, 0.15) is 34.3 Å². The number of ether oxygens (including phenoxy) is 1. The maximum atomic E-state index is 13.2. The number of hydrogen-bond acceptors (Lipinski definition) is 2. The van der Waals surface area contributed by atoms with Crippen molar-refractivity contribution in [2.24, 2.45) is 0 Å². The molecule has 0 unspecified atom stereocenters. The lowest BCUT2D eigenvalue weighted by Gasteiger charge is -2.18. The van der Waals surface area contributed by atoms with Crippen molar-refractivity contribution in [1.82, 2.24) is 0 Å². The fourth-order valence-electron chi connectivity index (χ4n) is 2.57. The van der Waals surface area contributed by atoms with E-state index < -0.39 is 0 Å². The first-order chi connectivity index (χ1) is 10.1. The Morgan fingerprint density at radius 1 is 1.19 bits per heavy atom. The molecule has 0 atom stereocenters. The first-order valence-electron chi connectivity index (χ1n) is 6.87. The summed E-state index contributed by atoms with van der Waals surface area (Å²) in [6.07, 6.45) is 2.35. The minimum Gasteiger partial charge on any atom is -0.489 e. The fraction of sp³-hybridized carbons (Fsp3) is 0.235. The number of carbonyl (C=O) groups is 1. The second-order valence-electron chi connectivity index (χ2n) is 5.10. The van der Waals surface area contributed by atoms with Gasteiger partial charge in [-0.05, 0) is 52.5 Å². The molecule has 0 N–H and O–H groups in total. The van der Waals surface area contributed by atoms with Crippen molar-refractivity contribution >= 4 is 21.7 Å². The molecule has 21 heavy (non-hydrogen) atoms. The molecule has 4 heteroatoms. The summed E-state index contributed by atoms with van der Waals surface area (Å²) in [6, 6.07) is 10.4. The summed E-state index contributed by atoms with van der Waals surface area (Å²) in [6.45, 7) is 0.351. The summed E-state index contributed by atoms with van der Waals surface area (Å²) < 4.78 is 19.5. The predicted octanol–water partition coefficient (Wildman–Crippen LogP) is 4.69. The SMILES string of the molecule is O=C1CCCc2c(OCc3ccc(F)c(Br)c3)cccc21. The Morgan fingerprint density at radius 3 is 2.86 bits per heavy atom. The molecule has 108 valence electrons. The molecule has 0 saturated heterocycles. The predicted molar refractivity (Wildman–Crippen MR) is 82.1 cm³/mol. The van der Waals surface area contributed by atoms with Crippen molar-refractivity contribution < 1.29 is 13.9 Å². The Labute approximate surface area is 131 Å². The molecule has 0 bridgehead atoms. The van der Waals surface area contributed by atoms with Crippen LogP contribution in [0, 0.1) is 5.82 Å². The highest BCUT2D eigenvalue weighted by Gasteiger charge is 2.20. The first kappa shape index (κ1) is 14.3. The van der Waals surface area contributed by atoms with Gasteiger partial charge in [0.05, 0.1) is 4.47 Å². The zero-order valence-corrected chi connectivity index (χ0v) is 13.0. The Kier molecular flexibility index (Phi) is 4.06. The highest BCUT2D eigenvalue weighted by atomic mass is 79.9. The fourth-order valence-corrected chi connectivity index (χ4v) is 3.00. The van der Waals surface area contributed by atoms with Gasteiger partial charge >= 0.3 is 0 Å². The molecule has 0 radical (unpaired) electrons. The molecule has 1 aliphatic carbocycles. The molecular formula is C17H14BrFO2. The summed E-state index contributed by atoms with van der Waals surface area (Å²) >= 11 is 3.17. The highest BCUT2D eigenvalue weighted by molar-refractivity contribution is 9.10. The van der Waals surface area contributed by atoms with Gasteiger partial charge in [0.1, 0.15) is 18.2 Å². The molecule has 2 nitrogen and oxygen atoms in total. The second kappa shape index (κ2) is 5.98. The largest absolute Gasteiger partial charge is 0.489 e. The zero-order valence-electron chi connectivity index (χ0n) is 11.4. The van der Waals surface area contributed by atoms with E-state index in [9.17, 15) is 9.18 Å². The number of halogens is 2. The van der Waals surface area contributed by atoms with E-state index in [2.05, 4.69) is 15.9 Å². The maximum absolute atomic E-state index is 13.2. The molecule has 0 heterocycles. The number of rotatable bonds is 3. The molecule has 1 aliphatic rings. The number of carbonyl (C=O) groups excluding carboxylic acids is 1. The van der Waals surface area contributed by atoms with Crippen LogP contribution in [0.25, 0.3) is 0 Å². The van der Waals surface area contributed by atoms with Gasteiger partial charge in [-0.3, -0.25) is 4.79 Å². The van der Waals surface area contributed by atoms with Crippen molar-refractivity contribution in [2.45, 2.75) is 25.9 Å². The van der Waals surface area contributed by atoms with E-state index in [-0.39, 0.29) is 11.6 Å². The third-order valence-electron chi connectivity index (χ3n) is 3.64. The van der Waals surface area contributed by atoms with Gasteiger partial charge in [0.15, 0.2) is 5.78 Å². The molecule has 3 rings (SSSR count). The molecule has 0 fully saturated rings. The smallest absolute Gasteiger partial charge is 0.163 e. The lowest BCUT2D eigenvalue weighted by Crippen LogP contribution is -2.12. The number of fused-ring (bicyclic) bond motifs is 1. The molecule has 2 aromatic carbocycles. The molecule has 0 aliphatic heterocycles. The Bertz CT molecular complexity index is 697. The van der Waals surface area contributed by atoms with Gasteiger partial charge in [0.25, 0.3) is 0 Å². The van der Waals surface area contributed by atoms with E-state index in [4.69, 9.17) is 4.74 Å². The normalized spacial score (nSPS) is 13.9. The summed E-state index contributed by atoms with van der Waals surface area (Å²) in [5.41, 5.74) is 2.65. The van der Waals surface area contributed by atoms with E-state index >= 15 is 0 Å². The van der Waals surface area contributed by atoms with Gasteiger partial charge in [-0.25, -0.2) is 4.39 Å². The second-order valence-corrected chi connectivity index (χ2v) is 5.95. The van der Waals surface area contributed by atoms with Crippen molar-refractivity contribution in [3.8, 4) is 5.75 Å². The molecule has 0 amide bonds. The Balaban J connectivity index is 1.81. The standard InChI is InChI=1S/C17H14BrFO2/c18-14-9-11(7-8-15(14)19)10-21-17-6-2-3-12-13(17)4-1-5-16(12)20/h2-3,6-9H,1,4-5,10H2. The van der Waals surface area contributed by atoms with Gasteiger partial charge in [-0.1, -0.05) is 18.2 Å². The molecule has 0 aromatic heterocycles. The summed E-state index contributed by atoms with van der Waals surface area (Å²) in [4.78, 5) is 11.9. The van der Waals surface area contributed by atoms with Gasteiger partial charge in [-0.2, -0.15) is 0 Å². The van der Waals surface area contributed by atoms with Crippen LogP contribution in [0.2, 0.25) is 0 Å². The van der Waals surface area contributed by atoms with E-state index in [1.54, 1.807) is 12.1 Å². The Morgan fingerprint density at radius 2 is 2.05 bits per heavy atom. The van der Waals surface area contributed by atoms with Gasteiger partial charge < -0.3 is 4.74 Å². The number of Topliss-reactive ketones (excluding diaryl/α,β-unsaturated/α-hetero) is 1. The van der Waals surface area contributed by atoms with Crippen LogP contribution < -0.4 is 4.74 Å². The number of ketones is 1. The first-order valence-corrected chi connectivity index (χ1v) is 7.66. The number of hydrogen-bond donors (Lipinski definition) is 0. The third kappa shape index (κ3) is 3.00. The average molecular weight is 349 g/mol. The van der Waals surface area contributed by atoms with Crippen LogP contribution in [-0.2, 0) is 13.0 Å². The summed E-state index contributed by atoms with van der Waals surface area (Å²) in [5.74, 6) is 0.647. The topological polar surface area (TPSA) is 26.3 Å². The quantitative estimate of drug-likeness (QED) is 0.804. The lowest BCUT2D eigenvalue weighted by atomic mass is 9.90. The van der Waals surface area contributed by atoms with Gasteiger partial charge in [0.2, 0.25) is 0 Å². The van der Waals surface area contributed by atoms with Crippen molar-refractivity contribution in [3.05, 3.63) is 63.4 Å². The van der Waals surface area contributed by atoms with E-state index in [1.807, 2.05) is 18.2 Å². The van der Waals surface area contributed by atoms with Gasteiger partial charge in [0, 0.05) is 17.5 Å². The van der Waals surface area contributed by atoms with Crippen LogP contribution in [0.3, 0.4) is 0 Å². The average Bonchev–Trinajstić information content (AvgIpc) is 2.49. The third-order valence-corrected chi connectivity index (χ3v) is 4.25. The van der Waals surface area contributed by atoms with Crippen LogP contribution in [0.15, 0.2) is 40.9 Å². The highest BCUT2D eigenvalue weighted by Crippen LogP contribution is 2.30. The monoisotopic (exact) mass is 348 g/mol. The van der Waals surface area contributed by atoms with Crippen molar-refractivity contribution in [2.75, 3.05) is 0 Å². The minimum atomic E-state index is -0.290. The molecule has 0 spiro atoms. The van der Waals surface area contributed by atoms with Crippen molar-refractivity contribution in [1.29, 1.82) is 0 Å².